The molecule has 0 bridgehead atoms. The molecule has 0 unspecified atom stereocenters. The number of ether oxygens (including phenoxy) is 2. The zero-order valence-corrected chi connectivity index (χ0v) is 14.7. The maximum Gasteiger partial charge on any atom is 0.161 e. The smallest absolute Gasteiger partial charge is 0.161 e. The standard InChI is InChI=1S/C17H20INO2/c1-12(2)21-16-9-8-13(10-17(16)20-3)11-19-15-7-5-4-6-14(15)18/h4-10,12,19H,11H2,1-3H3. The second-order valence-corrected chi connectivity index (χ2v) is 6.15. The summed E-state index contributed by atoms with van der Waals surface area (Å²) in [7, 11) is 1.67. The molecule has 2 aromatic rings. The van der Waals surface area contributed by atoms with Crippen molar-refractivity contribution in [2.75, 3.05) is 12.4 Å². The minimum Gasteiger partial charge on any atom is -0.493 e. The molecule has 0 aromatic heterocycles. The minimum absolute atomic E-state index is 0.133. The first-order valence-electron chi connectivity index (χ1n) is 6.92. The van der Waals surface area contributed by atoms with Crippen LogP contribution in [0.15, 0.2) is 42.5 Å². The lowest BCUT2D eigenvalue weighted by atomic mass is 10.2. The Morgan fingerprint density at radius 2 is 1.86 bits per heavy atom. The van der Waals surface area contributed by atoms with Crippen LogP contribution in [0.3, 0.4) is 0 Å². The van der Waals surface area contributed by atoms with Crippen LogP contribution < -0.4 is 14.8 Å². The van der Waals surface area contributed by atoms with Gasteiger partial charge in [0.2, 0.25) is 0 Å². The van der Waals surface area contributed by atoms with E-state index >= 15 is 0 Å². The topological polar surface area (TPSA) is 30.5 Å². The number of rotatable bonds is 6. The van der Waals surface area contributed by atoms with Gasteiger partial charge in [-0.2, -0.15) is 0 Å². The van der Waals surface area contributed by atoms with Gasteiger partial charge in [-0.15, -0.1) is 0 Å². The van der Waals surface area contributed by atoms with Crippen molar-refractivity contribution in [3.8, 4) is 11.5 Å². The average molecular weight is 397 g/mol. The molecule has 21 heavy (non-hydrogen) atoms. The summed E-state index contributed by atoms with van der Waals surface area (Å²) in [6, 6.07) is 14.3. The van der Waals surface area contributed by atoms with E-state index in [4.69, 9.17) is 9.47 Å². The Kier molecular flexibility index (Phi) is 5.73. The number of nitrogens with one attached hydrogen (secondary N) is 1. The third-order valence-electron chi connectivity index (χ3n) is 2.95. The molecule has 0 amide bonds. The van der Waals surface area contributed by atoms with E-state index < -0.39 is 0 Å². The number of para-hydroxylation sites is 1. The number of hydrogen-bond acceptors (Lipinski definition) is 3. The average Bonchev–Trinajstić information content (AvgIpc) is 2.47. The summed E-state index contributed by atoms with van der Waals surface area (Å²) < 4.78 is 12.3. The second-order valence-electron chi connectivity index (χ2n) is 4.99. The zero-order chi connectivity index (χ0) is 15.2. The van der Waals surface area contributed by atoms with Crippen LogP contribution in [0.25, 0.3) is 0 Å². The Hall–Kier alpha value is -1.43. The van der Waals surface area contributed by atoms with Crippen LogP contribution in [0, 0.1) is 3.57 Å². The van der Waals surface area contributed by atoms with E-state index in [9.17, 15) is 0 Å². The van der Waals surface area contributed by atoms with E-state index in [-0.39, 0.29) is 6.10 Å². The van der Waals surface area contributed by atoms with Crippen LogP contribution in [0.2, 0.25) is 0 Å². The van der Waals surface area contributed by atoms with Crippen molar-refractivity contribution in [1.82, 2.24) is 0 Å². The summed E-state index contributed by atoms with van der Waals surface area (Å²) in [6.45, 7) is 4.76. The van der Waals surface area contributed by atoms with E-state index in [0.29, 0.717) is 0 Å². The summed E-state index contributed by atoms with van der Waals surface area (Å²) in [5, 5.41) is 3.44. The van der Waals surface area contributed by atoms with E-state index in [1.807, 2.05) is 38.1 Å². The van der Waals surface area contributed by atoms with Crippen LogP contribution in [-0.2, 0) is 6.54 Å². The van der Waals surface area contributed by atoms with Crippen LogP contribution in [-0.4, -0.2) is 13.2 Å². The SMILES string of the molecule is COc1cc(CNc2ccccc2I)ccc1OC(C)C. The highest BCUT2D eigenvalue weighted by atomic mass is 127. The molecule has 0 saturated carbocycles. The van der Waals surface area contributed by atoms with Gasteiger partial charge in [0, 0.05) is 15.8 Å². The van der Waals surface area contributed by atoms with Crippen molar-refractivity contribution in [2.45, 2.75) is 26.5 Å². The fraction of sp³-hybridized carbons (Fsp3) is 0.294. The van der Waals surface area contributed by atoms with Gasteiger partial charge in [-0.25, -0.2) is 0 Å². The molecular formula is C17H20INO2. The number of benzene rings is 2. The Balaban J connectivity index is 2.09. The molecule has 0 radical (unpaired) electrons. The van der Waals surface area contributed by atoms with E-state index in [1.165, 1.54) is 3.57 Å². The van der Waals surface area contributed by atoms with Gasteiger partial charge in [0.1, 0.15) is 0 Å². The Morgan fingerprint density at radius 1 is 1.10 bits per heavy atom. The van der Waals surface area contributed by atoms with E-state index in [2.05, 4.69) is 46.1 Å². The number of halogens is 1. The number of hydrogen-bond donors (Lipinski definition) is 1. The van der Waals surface area contributed by atoms with Crippen molar-refractivity contribution in [3.05, 3.63) is 51.6 Å². The first-order valence-corrected chi connectivity index (χ1v) is 8.00. The van der Waals surface area contributed by atoms with Gasteiger partial charge in [0.15, 0.2) is 11.5 Å². The molecule has 2 rings (SSSR count). The summed E-state index contributed by atoms with van der Waals surface area (Å²) >= 11 is 2.33. The summed E-state index contributed by atoms with van der Waals surface area (Å²) in [5.41, 5.74) is 2.29. The molecule has 112 valence electrons. The van der Waals surface area contributed by atoms with Crippen LogP contribution in [0.5, 0.6) is 11.5 Å². The minimum atomic E-state index is 0.133. The number of methoxy groups -OCH3 is 1. The Labute approximate surface area is 139 Å². The highest BCUT2D eigenvalue weighted by molar-refractivity contribution is 14.1. The lowest BCUT2D eigenvalue weighted by Gasteiger charge is -2.15. The summed E-state index contributed by atoms with van der Waals surface area (Å²) in [5.74, 6) is 1.55. The molecule has 3 nitrogen and oxygen atoms in total. The van der Waals surface area contributed by atoms with Gasteiger partial charge >= 0.3 is 0 Å². The summed E-state index contributed by atoms with van der Waals surface area (Å²) in [4.78, 5) is 0. The third kappa shape index (κ3) is 4.52. The third-order valence-corrected chi connectivity index (χ3v) is 3.89. The molecule has 2 aromatic carbocycles. The predicted molar refractivity (Wildman–Crippen MR) is 95.2 cm³/mol. The molecular weight excluding hydrogens is 377 g/mol. The Bertz CT molecular complexity index is 599. The molecule has 1 N–H and O–H groups in total. The normalized spacial score (nSPS) is 10.5. The molecule has 0 saturated heterocycles. The highest BCUT2D eigenvalue weighted by Gasteiger charge is 2.07. The predicted octanol–water partition coefficient (Wildman–Crippen LogP) is 4.70. The maximum atomic E-state index is 5.73. The fourth-order valence-electron chi connectivity index (χ4n) is 1.98. The van der Waals surface area contributed by atoms with Gasteiger partial charge in [-0.1, -0.05) is 18.2 Å². The molecule has 0 aliphatic carbocycles. The quantitative estimate of drug-likeness (QED) is 0.717. The largest absolute Gasteiger partial charge is 0.493 e. The maximum absolute atomic E-state index is 5.73. The summed E-state index contributed by atoms with van der Waals surface area (Å²) in [6.07, 6.45) is 0.133. The van der Waals surface area contributed by atoms with Crippen LogP contribution >= 0.6 is 22.6 Å². The van der Waals surface area contributed by atoms with Gasteiger partial charge < -0.3 is 14.8 Å². The molecule has 0 heterocycles. The molecule has 0 aliphatic rings. The van der Waals surface area contributed by atoms with Crippen LogP contribution in [0.4, 0.5) is 5.69 Å². The monoisotopic (exact) mass is 397 g/mol. The van der Waals surface area contributed by atoms with Crippen molar-refractivity contribution >= 4 is 28.3 Å². The lowest BCUT2D eigenvalue weighted by Crippen LogP contribution is -2.07. The molecule has 0 spiro atoms. The van der Waals surface area contributed by atoms with E-state index in [0.717, 1.165) is 29.3 Å². The Morgan fingerprint density at radius 3 is 2.52 bits per heavy atom. The molecule has 4 heteroatoms. The fourth-order valence-corrected chi connectivity index (χ4v) is 2.55. The molecule has 0 atom stereocenters. The van der Waals surface area contributed by atoms with Gasteiger partial charge in [0.05, 0.1) is 13.2 Å². The van der Waals surface area contributed by atoms with Gasteiger partial charge in [-0.05, 0) is 66.3 Å². The van der Waals surface area contributed by atoms with Crippen molar-refractivity contribution in [1.29, 1.82) is 0 Å². The van der Waals surface area contributed by atoms with Crippen molar-refractivity contribution < 1.29 is 9.47 Å². The van der Waals surface area contributed by atoms with Gasteiger partial charge in [0.25, 0.3) is 0 Å². The molecule has 0 fully saturated rings. The molecule has 0 aliphatic heterocycles. The second kappa shape index (κ2) is 7.54. The van der Waals surface area contributed by atoms with Gasteiger partial charge in [-0.3, -0.25) is 0 Å². The van der Waals surface area contributed by atoms with Crippen molar-refractivity contribution in [3.63, 3.8) is 0 Å². The zero-order valence-electron chi connectivity index (χ0n) is 12.5. The van der Waals surface area contributed by atoms with Crippen molar-refractivity contribution in [2.24, 2.45) is 0 Å². The lowest BCUT2D eigenvalue weighted by molar-refractivity contribution is 0.230. The van der Waals surface area contributed by atoms with E-state index in [1.54, 1.807) is 7.11 Å². The highest BCUT2D eigenvalue weighted by Crippen LogP contribution is 2.29. The first kappa shape index (κ1) is 15.9. The number of anilines is 1. The first-order chi connectivity index (χ1) is 10.1. The van der Waals surface area contributed by atoms with Crippen LogP contribution in [0.1, 0.15) is 19.4 Å².